The molecular weight excluding hydrogens is 262 g/mol. The first kappa shape index (κ1) is 13.4. The maximum Gasteiger partial charge on any atom is 0.371 e. The van der Waals surface area contributed by atoms with Crippen molar-refractivity contribution in [2.24, 2.45) is 0 Å². The first-order chi connectivity index (χ1) is 9.60. The van der Waals surface area contributed by atoms with Crippen LogP contribution in [0.2, 0.25) is 0 Å². The van der Waals surface area contributed by atoms with Crippen LogP contribution in [0.15, 0.2) is 45.8 Å². The summed E-state index contributed by atoms with van der Waals surface area (Å²) in [4.78, 5) is 22.2. The number of nitriles is 1. The van der Waals surface area contributed by atoms with E-state index in [0.29, 0.717) is 11.1 Å². The number of ether oxygens (including phenoxy) is 1. The van der Waals surface area contributed by atoms with Gasteiger partial charge in [0, 0.05) is 6.07 Å². The highest BCUT2D eigenvalue weighted by molar-refractivity contribution is 5.84. The fourth-order valence-electron chi connectivity index (χ4n) is 1.51. The zero-order chi connectivity index (χ0) is 14.5. The Morgan fingerprint density at radius 3 is 2.85 bits per heavy atom. The quantitative estimate of drug-likeness (QED) is 0.909. The molecule has 0 bridgehead atoms. The van der Waals surface area contributed by atoms with Crippen molar-refractivity contribution in [3.05, 3.63) is 63.7 Å². The maximum atomic E-state index is 11.6. The Labute approximate surface area is 113 Å². The predicted molar refractivity (Wildman–Crippen MR) is 67.4 cm³/mol. The molecular formula is C14H9NO5. The molecule has 0 unspecified atom stereocenters. The number of carbonyl (C=O) groups is 1. The molecule has 0 saturated carbocycles. The van der Waals surface area contributed by atoms with Gasteiger partial charge < -0.3 is 14.3 Å². The van der Waals surface area contributed by atoms with Gasteiger partial charge >= 0.3 is 5.97 Å². The molecule has 0 aliphatic rings. The van der Waals surface area contributed by atoms with Crippen molar-refractivity contribution in [3.63, 3.8) is 0 Å². The third-order valence-corrected chi connectivity index (χ3v) is 2.46. The number of hydrogen-bond donors (Lipinski definition) is 1. The Kier molecular flexibility index (Phi) is 3.82. The fourth-order valence-corrected chi connectivity index (χ4v) is 1.51. The van der Waals surface area contributed by atoms with E-state index in [1.165, 1.54) is 0 Å². The monoisotopic (exact) mass is 271 g/mol. The van der Waals surface area contributed by atoms with Gasteiger partial charge in [-0.25, -0.2) is 4.79 Å². The van der Waals surface area contributed by atoms with Crippen LogP contribution in [0.25, 0.3) is 0 Å². The molecule has 1 heterocycles. The summed E-state index contributed by atoms with van der Waals surface area (Å²) in [7, 11) is 0. The molecule has 0 saturated heterocycles. The molecule has 100 valence electrons. The second kappa shape index (κ2) is 5.71. The number of hydrogen-bond acceptors (Lipinski definition) is 5. The molecule has 0 aliphatic carbocycles. The Morgan fingerprint density at radius 1 is 1.40 bits per heavy atom. The summed E-state index contributed by atoms with van der Waals surface area (Å²) in [5.74, 6) is -1.86. The van der Waals surface area contributed by atoms with Gasteiger partial charge in [-0.1, -0.05) is 12.1 Å². The number of benzene rings is 1. The molecule has 0 spiro atoms. The lowest BCUT2D eigenvalue weighted by Gasteiger charge is -2.05. The number of carboxylic acids is 1. The Hall–Kier alpha value is -3.07. The first-order valence-electron chi connectivity index (χ1n) is 5.58. The number of carboxylic acid groups (broad SMARTS) is 1. The Balaban J connectivity index is 2.13. The van der Waals surface area contributed by atoms with Gasteiger partial charge in [0.25, 0.3) is 0 Å². The van der Waals surface area contributed by atoms with Crippen LogP contribution in [0.4, 0.5) is 0 Å². The summed E-state index contributed by atoms with van der Waals surface area (Å²) >= 11 is 0. The van der Waals surface area contributed by atoms with E-state index < -0.39 is 17.2 Å². The van der Waals surface area contributed by atoms with Crippen molar-refractivity contribution in [1.29, 1.82) is 5.26 Å². The van der Waals surface area contributed by atoms with Crippen LogP contribution < -0.4 is 10.2 Å². The second-order valence-electron chi connectivity index (χ2n) is 3.88. The minimum Gasteiger partial charge on any atom is -0.482 e. The van der Waals surface area contributed by atoms with E-state index in [1.807, 2.05) is 6.07 Å². The smallest absolute Gasteiger partial charge is 0.371 e. The van der Waals surface area contributed by atoms with E-state index in [4.69, 9.17) is 19.5 Å². The highest BCUT2D eigenvalue weighted by Gasteiger charge is 2.10. The van der Waals surface area contributed by atoms with Crippen LogP contribution in [-0.4, -0.2) is 11.1 Å². The minimum absolute atomic E-state index is 0.0761. The van der Waals surface area contributed by atoms with Crippen molar-refractivity contribution < 1.29 is 19.1 Å². The number of aromatic carboxylic acids is 1. The molecule has 1 aromatic heterocycles. The van der Waals surface area contributed by atoms with Crippen LogP contribution in [0, 0.1) is 11.3 Å². The van der Waals surface area contributed by atoms with Gasteiger partial charge in [0.15, 0.2) is 0 Å². The van der Waals surface area contributed by atoms with Gasteiger partial charge in [0.2, 0.25) is 16.9 Å². The normalized spacial score (nSPS) is 9.75. The third-order valence-electron chi connectivity index (χ3n) is 2.46. The van der Waals surface area contributed by atoms with Gasteiger partial charge in [-0.3, -0.25) is 4.79 Å². The molecule has 0 fully saturated rings. The van der Waals surface area contributed by atoms with Gasteiger partial charge in [-0.05, 0) is 17.7 Å². The first-order valence-corrected chi connectivity index (χ1v) is 5.58. The van der Waals surface area contributed by atoms with Crippen LogP contribution >= 0.6 is 0 Å². The Morgan fingerprint density at radius 2 is 2.20 bits per heavy atom. The van der Waals surface area contributed by atoms with Crippen LogP contribution in [0.1, 0.15) is 21.7 Å². The Bertz CT molecular complexity index is 742. The average Bonchev–Trinajstić information content (AvgIpc) is 2.46. The average molecular weight is 271 g/mol. The SMILES string of the molecule is N#Cc1cccc(COc2coc(C(=O)O)cc2=O)c1. The van der Waals surface area contributed by atoms with Gasteiger partial charge in [0.05, 0.1) is 11.6 Å². The molecule has 1 N–H and O–H groups in total. The third kappa shape index (κ3) is 3.03. The molecule has 6 heteroatoms. The lowest BCUT2D eigenvalue weighted by atomic mass is 10.1. The van der Waals surface area contributed by atoms with Crippen LogP contribution in [0.3, 0.4) is 0 Å². The van der Waals surface area contributed by atoms with Crippen molar-refractivity contribution in [3.8, 4) is 11.8 Å². The molecule has 2 aromatic rings. The molecule has 6 nitrogen and oxygen atoms in total. The second-order valence-corrected chi connectivity index (χ2v) is 3.88. The van der Waals surface area contributed by atoms with E-state index in [-0.39, 0.29) is 12.4 Å². The summed E-state index contributed by atoms with van der Waals surface area (Å²) < 4.78 is 10.0. The molecule has 1 aromatic carbocycles. The summed E-state index contributed by atoms with van der Waals surface area (Å²) in [5.41, 5.74) is 0.621. The van der Waals surface area contributed by atoms with Crippen LogP contribution in [-0.2, 0) is 6.61 Å². The highest BCUT2D eigenvalue weighted by Crippen LogP contribution is 2.10. The predicted octanol–water partition coefficient (Wildman–Crippen LogP) is 1.79. The molecule has 0 amide bonds. The zero-order valence-corrected chi connectivity index (χ0v) is 10.2. The summed E-state index contributed by atoms with van der Waals surface area (Å²) in [6.45, 7) is 0.0761. The van der Waals surface area contributed by atoms with Gasteiger partial charge in [0.1, 0.15) is 12.9 Å². The molecule has 0 atom stereocenters. The summed E-state index contributed by atoms with van der Waals surface area (Å²) in [6.07, 6.45) is 0.958. The van der Waals surface area contributed by atoms with Crippen molar-refractivity contribution in [1.82, 2.24) is 0 Å². The topological polar surface area (TPSA) is 101 Å². The fraction of sp³-hybridized carbons (Fsp3) is 0.0714. The number of rotatable bonds is 4. The van der Waals surface area contributed by atoms with Crippen molar-refractivity contribution in [2.45, 2.75) is 6.61 Å². The van der Waals surface area contributed by atoms with Gasteiger partial charge in [-0.2, -0.15) is 5.26 Å². The molecule has 0 radical (unpaired) electrons. The van der Waals surface area contributed by atoms with E-state index in [9.17, 15) is 9.59 Å². The molecule has 0 aliphatic heterocycles. The van der Waals surface area contributed by atoms with Gasteiger partial charge in [-0.15, -0.1) is 0 Å². The lowest BCUT2D eigenvalue weighted by molar-refractivity contribution is 0.0658. The van der Waals surface area contributed by atoms with E-state index in [1.54, 1.807) is 24.3 Å². The van der Waals surface area contributed by atoms with E-state index in [2.05, 4.69) is 0 Å². The summed E-state index contributed by atoms with van der Waals surface area (Å²) in [5, 5.41) is 17.4. The minimum atomic E-state index is -1.32. The largest absolute Gasteiger partial charge is 0.482 e. The van der Waals surface area contributed by atoms with Crippen molar-refractivity contribution in [2.75, 3.05) is 0 Å². The maximum absolute atomic E-state index is 11.6. The zero-order valence-electron chi connectivity index (χ0n) is 10.2. The molecule has 20 heavy (non-hydrogen) atoms. The number of nitrogens with zero attached hydrogens (tertiary/aromatic N) is 1. The van der Waals surface area contributed by atoms with Crippen LogP contribution in [0.5, 0.6) is 5.75 Å². The van der Waals surface area contributed by atoms with Crippen molar-refractivity contribution >= 4 is 5.97 Å². The molecule has 2 rings (SSSR count). The van der Waals surface area contributed by atoms with E-state index in [0.717, 1.165) is 12.3 Å². The lowest BCUT2D eigenvalue weighted by Crippen LogP contribution is -2.10. The highest BCUT2D eigenvalue weighted by atomic mass is 16.5. The summed E-state index contributed by atoms with van der Waals surface area (Å²) in [6, 6.07) is 9.58. The standard InChI is InChI=1S/C14H9NO5/c15-6-9-2-1-3-10(4-9)7-19-13-8-20-12(14(17)18)5-11(13)16/h1-5,8H,7H2,(H,17,18). The van der Waals surface area contributed by atoms with E-state index >= 15 is 0 Å².